The molecule has 1 amide bonds. The molecule has 0 spiro atoms. The molecule has 0 radical (unpaired) electrons. The minimum Gasteiger partial charge on any atom is -0.361 e. The van der Waals surface area contributed by atoms with Crippen LogP contribution in [0.15, 0.2) is 33.7 Å². The van der Waals surface area contributed by atoms with Gasteiger partial charge in [0.25, 0.3) is 5.91 Å². The van der Waals surface area contributed by atoms with Crippen molar-refractivity contribution in [3.05, 3.63) is 47.1 Å². The quantitative estimate of drug-likeness (QED) is 0.812. The Hall–Kier alpha value is -2.26. The molecule has 2 aromatic rings. The average Bonchev–Trinajstić information content (AvgIpc) is 2.88. The van der Waals surface area contributed by atoms with Gasteiger partial charge in [0.1, 0.15) is 11.6 Å². The Morgan fingerprint density at radius 2 is 1.92 bits per heavy atom. The van der Waals surface area contributed by atoms with E-state index in [0.717, 1.165) is 6.07 Å². The second-order valence-corrected chi connectivity index (χ2v) is 8.22. The summed E-state index contributed by atoms with van der Waals surface area (Å²) in [6.07, 6.45) is 0.502. The van der Waals surface area contributed by atoms with Crippen LogP contribution in [0.25, 0.3) is 0 Å². The molecule has 0 saturated carbocycles. The lowest BCUT2D eigenvalue weighted by atomic mass is 10.2. The maximum absolute atomic E-state index is 13.4. The summed E-state index contributed by atoms with van der Waals surface area (Å²) >= 11 is 0. The molecule has 140 valence electrons. The van der Waals surface area contributed by atoms with E-state index in [1.54, 1.807) is 17.9 Å². The summed E-state index contributed by atoms with van der Waals surface area (Å²) in [5, 5.41) is 3.72. The average molecular weight is 381 g/mol. The van der Waals surface area contributed by atoms with E-state index < -0.39 is 15.8 Å². The van der Waals surface area contributed by atoms with Crippen LogP contribution in [0.4, 0.5) is 4.39 Å². The smallest absolute Gasteiger partial charge is 0.276 e. The van der Waals surface area contributed by atoms with Gasteiger partial charge in [-0.25, -0.2) is 12.8 Å². The van der Waals surface area contributed by atoms with E-state index in [1.165, 1.54) is 23.4 Å². The molecule has 7 nitrogen and oxygen atoms in total. The number of hydrogen-bond acceptors (Lipinski definition) is 5. The lowest BCUT2D eigenvalue weighted by Crippen LogP contribution is -2.37. The third-order valence-electron chi connectivity index (χ3n) is 4.36. The van der Waals surface area contributed by atoms with Crippen LogP contribution < -0.4 is 0 Å². The molecule has 0 unspecified atom stereocenters. The number of halogens is 1. The maximum atomic E-state index is 13.4. The number of rotatable bonds is 3. The topological polar surface area (TPSA) is 83.7 Å². The van der Waals surface area contributed by atoms with Crippen molar-refractivity contribution >= 4 is 15.9 Å². The molecular formula is C17H20FN3O4S. The first-order valence-corrected chi connectivity index (χ1v) is 9.72. The van der Waals surface area contributed by atoms with Gasteiger partial charge in [0, 0.05) is 32.2 Å². The van der Waals surface area contributed by atoms with Crippen LogP contribution in [0.1, 0.15) is 28.2 Å². The van der Waals surface area contributed by atoms with Gasteiger partial charge in [-0.3, -0.25) is 4.79 Å². The fourth-order valence-electron chi connectivity index (χ4n) is 2.89. The van der Waals surface area contributed by atoms with Crippen LogP contribution in [0, 0.1) is 19.7 Å². The molecule has 3 rings (SSSR count). The first-order chi connectivity index (χ1) is 12.3. The van der Waals surface area contributed by atoms with Crippen molar-refractivity contribution in [1.82, 2.24) is 14.4 Å². The molecule has 1 aliphatic heterocycles. The van der Waals surface area contributed by atoms with Crippen molar-refractivity contribution in [3.8, 4) is 0 Å². The number of carbonyl (C=O) groups is 1. The summed E-state index contributed by atoms with van der Waals surface area (Å²) < 4.78 is 45.3. The van der Waals surface area contributed by atoms with Gasteiger partial charge in [0.2, 0.25) is 10.0 Å². The predicted octanol–water partition coefficient (Wildman–Crippen LogP) is 1.97. The number of amides is 1. The van der Waals surface area contributed by atoms with Crippen LogP contribution in [0.2, 0.25) is 0 Å². The number of benzene rings is 1. The van der Waals surface area contributed by atoms with Gasteiger partial charge in [0.05, 0.1) is 4.90 Å². The van der Waals surface area contributed by atoms with Crippen LogP contribution in [-0.4, -0.2) is 54.9 Å². The van der Waals surface area contributed by atoms with Gasteiger partial charge < -0.3 is 9.42 Å². The van der Waals surface area contributed by atoms with E-state index >= 15 is 0 Å². The lowest BCUT2D eigenvalue weighted by molar-refractivity contribution is 0.0754. The summed E-state index contributed by atoms with van der Waals surface area (Å²) in [6, 6.07) is 5.31. The normalized spacial score (nSPS) is 16.5. The molecule has 2 heterocycles. The number of carbonyl (C=O) groups excluding carboxylic acids is 1. The minimum absolute atomic E-state index is 0.0586. The second kappa shape index (κ2) is 7.16. The fraction of sp³-hybridized carbons (Fsp3) is 0.412. The maximum Gasteiger partial charge on any atom is 0.276 e. The molecule has 0 N–H and O–H groups in total. The summed E-state index contributed by atoms with van der Waals surface area (Å²) in [5.41, 5.74) is 0.493. The monoisotopic (exact) mass is 381 g/mol. The van der Waals surface area contributed by atoms with Gasteiger partial charge in [-0.15, -0.1) is 0 Å². The summed E-state index contributed by atoms with van der Waals surface area (Å²) in [5.74, 6) is -0.183. The lowest BCUT2D eigenvalue weighted by Gasteiger charge is -2.21. The zero-order chi connectivity index (χ0) is 18.9. The third-order valence-corrected chi connectivity index (χ3v) is 6.25. The molecule has 26 heavy (non-hydrogen) atoms. The molecule has 1 aliphatic rings. The zero-order valence-corrected chi connectivity index (χ0v) is 15.4. The Kier molecular flexibility index (Phi) is 5.10. The summed E-state index contributed by atoms with van der Waals surface area (Å²) in [6.45, 7) is 4.37. The summed E-state index contributed by atoms with van der Waals surface area (Å²) in [7, 11) is -3.74. The third kappa shape index (κ3) is 3.63. The number of sulfonamides is 1. The van der Waals surface area contributed by atoms with Crippen LogP contribution in [0.5, 0.6) is 0 Å². The number of hydrogen-bond donors (Lipinski definition) is 0. The van der Waals surface area contributed by atoms with Gasteiger partial charge in [-0.05, 0) is 44.0 Å². The Bertz CT molecular complexity index is 926. The Morgan fingerprint density at radius 3 is 2.58 bits per heavy atom. The first-order valence-electron chi connectivity index (χ1n) is 8.28. The molecule has 1 aromatic heterocycles. The van der Waals surface area contributed by atoms with Crippen molar-refractivity contribution in [2.24, 2.45) is 0 Å². The van der Waals surface area contributed by atoms with E-state index in [9.17, 15) is 17.6 Å². The van der Waals surface area contributed by atoms with E-state index in [4.69, 9.17) is 4.52 Å². The van der Waals surface area contributed by atoms with E-state index in [0.29, 0.717) is 25.3 Å². The summed E-state index contributed by atoms with van der Waals surface area (Å²) in [4.78, 5) is 14.1. The van der Waals surface area contributed by atoms with Crippen molar-refractivity contribution in [2.45, 2.75) is 25.2 Å². The van der Waals surface area contributed by atoms with Crippen molar-refractivity contribution < 1.29 is 22.1 Å². The number of aryl methyl sites for hydroxylation is 2. The van der Waals surface area contributed by atoms with E-state index in [2.05, 4.69) is 5.16 Å². The van der Waals surface area contributed by atoms with Crippen molar-refractivity contribution in [2.75, 3.05) is 26.2 Å². The SMILES string of the molecule is Cc1cc(C(=O)N2CCCN(S(=O)(=O)c3ccc(F)c(C)c3)CC2)no1. The Balaban J connectivity index is 1.75. The molecular weight excluding hydrogens is 361 g/mol. The Morgan fingerprint density at radius 1 is 1.15 bits per heavy atom. The van der Waals surface area contributed by atoms with Crippen LogP contribution in [-0.2, 0) is 10.0 Å². The number of nitrogens with zero attached hydrogens (tertiary/aromatic N) is 3. The molecule has 0 aliphatic carbocycles. The highest BCUT2D eigenvalue weighted by atomic mass is 32.2. The predicted molar refractivity (Wildman–Crippen MR) is 91.7 cm³/mol. The van der Waals surface area contributed by atoms with E-state index in [-0.39, 0.29) is 35.1 Å². The first kappa shape index (κ1) is 18.5. The molecule has 1 aromatic carbocycles. The highest BCUT2D eigenvalue weighted by molar-refractivity contribution is 7.89. The van der Waals surface area contributed by atoms with Gasteiger partial charge in [-0.2, -0.15) is 4.31 Å². The zero-order valence-electron chi connectivity index (χ0n) is 14.6. The molecule has 0 bridgehead atoms. The van der Waals surface area contributed by atoms with E-state index in [1.807, 2.05) is 0 Å². The standard InChI is InChI=1S/C17H20FN3O4S/c1-12-10-14(4-5-15(12)18)26(23,24)21-7-3-6-20(8-9-21)17(22)16-11-13(2)25-19-16/h4-5,10-11H,3,6-9H2,1-2H3. The minimum atomic E-state index is -3.74. The van der Waals surface area contributed by atoms with Crippen molar-refractivity contribution in [1.29, 1.82) is 0 Å². The number of aromatic nitrogens is 1. The van der Waals surface area contributed by atoms with Gasteiger partial charge in [-0.1, -0.05) is 5.16 Å². The van der Waals surface area contributed by atoms with Crippen molar-refractivity contribution in [3.63, 3.8) is 0 Å². The van der Waals surface area contributed by atoms with Gasteiger partial charge >= 0.3 is 0 Å². The highest BCUT2D eigenvalue weighted by Gasteiger charge is 2.29. The molecule has 1 saturated heterocycles. The Labute approximate surface area is 151 Å². The van der Waals surface area contributed by atoms with Crippen LogP contribution in [0.3, 0.4) is 0 Å². The fourth-order valence-corrected chi connectivity index (χ4v) is 4.45. The highest BCUT2D eigenvalue weighted by Crippen LogP contribution is 2.20. The molecule has 0 atom stereocenters. The largest absolute Gasteiger partial charge is 0.361 e. The van der Waals surface area contributed by atoms with Crippen LogP contribution >= 0.6 is 0 Å². The molecule has 1 fully saturated rings. The second-order valence-electron chi connectivity index (χ2n) is 6.28. The van der Waals surface area contributed by atoms with Gasteiger partial charge in [0.15, 0.2) is 5.69 Å². The molecule has 9 heteroatoms.